The number of unbranched alkanes of at least 4 members (excludes halogenated alkanes) is 3. The van der Waals surface area contributed by atoms with Crippen molar-refractivity contribution in [3.05, 3.63) is 39.4 Å². The molecule has 6 nitrogen and oxygen atoms in total. The van der Waals surface area contributed by atoms with E-state index in [0.717, 1.165) is 35.2 Å². The molecule has 0 saturated carbocycles. The van der Waals surface area contributed by atoms with E-state index in [1.165, 1.54) is 24.2 Å². The van der Waals surface area contributed by atoms with Crippen LogP contribution in [-0.2, 0) is 0 Å². The number of rotatable bonds is 8. The molecule has 2 N–H and O–H groups in total. The Hall–Kier alpha value is -2.41. The van der Waals surface area contributed by atoms with E-state index in [9.17, 15) is 9.59 Å². The third-order valence-corrected chi connectivity index (χ3v) is 5.90. The van der Waals surface area contributed by atoms with Crippen molar-refractivity contribution in [1.82, 2.24) is 9.88 Å². The van der Waals surface area contributed by atoms with Crippen molar-refractivity contribution in [1.29, 1.82) is 0 Å². The molecule has 158 valence electrons. The molecule has 1 heterocycles. The van der Waals surface area contributed by atoms with Crippen molar-refractivity contribution in [2.24, 2.45) is 0 Å². The zero-order valence-corrected chi connectivity index (χ0v) is 19.1. The molecule has 3 amide bonds. The molecule has 0 unspecified atom stereocenters. The number of nitrogens with one attached hydrogen (secondary N) is 2. The zero-order chi connectivity index (χ0) is 21.6. The largest absolute Gasteiger partial charge is 0.328 e. The third kappa shape index (κ3) is 6.29. The summed E-state index contributed by atoms with van der Waals surface area (Å²) in [7, 11) is 1.78. The van der Waals surface area contributed by atoms with Gasteiger partial charge < -0.3 is 10.2 Å². The summed E-state index contributed by atoms with van der Waals surface area (Å²) in [5.74, 6) is -0.205. The van der Waals surface area contributed by atoms with E-state index in [4.69, 9.17) is 0 Å². The summed E-state index contributed by atoms with van der Waals surface area (Å²) >= 11 is 1.20. The first-order chi connectivity index (χ1) is 13.7. The number of carbonyl (C=O) groups is 2. The van der Waals surface area contributed by atoms with Gasteiger partial charge in [-0.25, -0.2) is 9.78 Å². The van der Waals surface area contributed by atoms with Crippen LogP contribution in [0.3, 0.4) is 0 Å². The molecule has 0 atom stereocenters. The van der Waals surface area contributed by atoms with Gasteiger partial charge in [0.25, 0.3) is 5.91 Å². The van der Waals surface area contributed by atoms with E-state index < -0.39 is 0 Å². The van der Waals surface area contributed by atoms with E-state index in [1.54, 1.807) is 18.9 Å². The summed E-state index contributed by atoms with van der Waals surface area (Å²) < 4.78 is 0. The molecule has 0 aliphatic heterocycles. The van der Waals surface area contributed by atoms with Gasteiger partial charge in [0, 0.05) is 19.3 Å². The lowest BCUT2D eigenvalue weighted by Crippen LogP contribution is -2.32. The van der Waals surface area contributed by atoms with Gasteiger partial charge in [-0.3, -0.25) is 10.1 Å². The number of hydrogen-bond acceptors (Lipinski definition) is 4. The Balaban J connectivity index is 2.02. The molecular formula is C22H32N4O2S. The van der Waals surface area contributed by atoms with Crippen molar-refractivity contribution in [2.75, 3.05) is 24.2 Å². The number of aryl methyl sites for hydroxylation is 4. The fourth-order valence-corrected chi connectivity index (χ4v) is 4.12. The lowest BCUT2D eigenvalue weighted by atomic mass is 10.1. The number of anilines is 2. The highest BCUT2D eigenvalue weighted by Crippen LogP contribution is 2.27. The van der Waals surface area contributed by atoms with Gasteiger partial charge in [0.05, 0.1) is 5.69 Å². The normalized spacial score (nSPS) is 10.7. The molecule has 0 aliphatic rings. The number of urea groups is 1. The first kappa shape index (κ1) is 22.9. The van der Waals surface area contributed by atoms with E-state index in [-0.39, 0.29) is 11.9 Å². The number of amides is 3. The Bertz CT molecular complexity index is 853. The van der Waals surface area contributed by atoms with Crippen LogP contribution in [0.25, 0.3) is 0 Å². The summed E-state index contributed by atoms with van der Waals surface area (Å²) in [6, 6.07) is 3.89. The summed E-state index contributed by atoms with van der Waals surface area (Å²) in [4.78, 5) is 31.7. The lowest BCUT2D eigenvalue weighted by molar-refractivity contribution is 0.102. The Morgan fingerprint density at radius 1 is 1.03 bits per heavy atom. The van der Waals surface area contributed by atoms with Gasteiger partial charge in [0.2, 0.25) is 0 Å². The highest BCUT2D eigenvalue weighted by atomic mass is 32.1. The monoisotopic (exact) mass is 416 g/mol. The number of aromatic nitrogens is 1. The van der Waals surface area contributed by atoms with Crippen LogP contribution in [-0.4, -0.2) is 35.4 Å². The Morgan fingerprint density at radius 3 is 2.31 bits per heavy atom. The predicted octanol–water partition coefficient (Wildman–Crippen LogP) is 5.67. The smallest absolute Gasteiger partial charge is 0.323 e. The number of hydrogen-bond donors (Lipinski definition) is 2. The van der Waals surface area contributed by atoms with E-state index in [1.807, 2.05) is 32.9 Å². The molecule has 1 aromatic carbocycles. The quantitative estimate of drug-likeness (QED) is 0.544. The average molecular weight is 417 g/mol. The van der Waals surface area contributed by atoms with Crippen LogP contribution in [0, 0.1) is 27.7 Å². The van der Waals surface area contributed by atoms with Crippen molar-refractivity contribution >= 4 is 34.1 Å². The van der Waals surface area contributed by atoms with Crippen molar-refractivity contribution < 1.29 is 9.59 Å². The minimum Gasteiger partial charge on any atom is -0.328 e. The summed E-state index contributed by atoms with van der Waals surface area (Å²) in [6.07, 6.45) is 4.45. The van der Waals surface area contributed by atoms with Gasteiger partial charge in [-0.15, -0.1) is 0 Å². The Kier molecular flexibility index (Phi) is 8.20. The number of benzene rings is 1. The maximum absolute atomic E-state index is 12.8. The Labute approximate surface area is 177 Å². The predicted molar refractivity (Wildman–Crippen MR) is 121 cm³/mol. The van der Waals surface area contributed by atoms with E-state index >= 15 is 0 Å². The SMILES string of the molecule is CCCCCCN(C)C(=O)Nc1nc(C)c(C(=O)Nc2c(C)cc(C)cc2C)s1. The van der Waals surface area contributed by atoms with Gasteiger partial charge in [0.15, 0.2) is 5.13 Å². The van der Waals surface area contributed by atoms with Crippen LogP contribution in [0.1, 0.15) is 64.7 Å². The number of thiazole rings is 1. The van der Waals surface area contributed by atoms with Crippen molar-refractivity contribution in [2.45, 2.75) is 60.3 Å². The second-order valence-electron chi connectivity index (χ2n) is 7.57. The molecule has 2 rings (SSSR count). The maximum Gasteiger partial charge on any atom is 0.323 e. The molecule has 2 aromatic rings. The zero-order valence-electron chi connectivity index (χ0n) is 18.3. The molecule has 0 fully saturated rings. The standard InChI is InChI=1S/C22H32N4O2S/c1-7-8-9-10-11-26(6)22(28)25-21-23-17(5)19(29-21)20(27)24-18-15(3)12-14(2)13-16(18)4/h12-13H,7-11H2,1-6H3,(H,24,27)(H,23,25,28). The molecular weight excluding hydrogens is 384 g/mol. The molecule has 0 bridgehead atoms. The molecule has 0 radical (unpaired) electrons. The van der Waals surface area contributed by atoms with Gasteiger partial charge in [-0.05, 0) is 45.2 Å². The minimum absolute atomic E-state index is 0.201. The first-order valence-electron chi connectivity index (χ1n) is 10.1. The van der Waals surface area contributed by atoms with Crippen molar-refractivity contribution in [3.8, 4) is 0 Å². The number of carbonyl (C=O) groups excluding carboxylic acids is 2. The summed E-state index contributed by atoms with van der Waals surface area (Å²) in [5, 5.41) is 6.25. The molecule has 1 aromatic heterocycles. The van der Waals surface area contributed by atoms with Gasteiger partial charge in [-0.1, -0.05) is 55.2 Å². The molecule has 0 aliphatic carbocycles. The van der Waals surface area contributed by atoms with Gasteiger partial charge >= 0.3 is 6.03 Å². The molecule has 0 spiro atoms. The van der Waals surface area contributed by atoms with Gasteiger partial charge in [-0.2, -0.15) is 0 Å². The van der Waals surface area contributed by atoms with Crippen LogP contribution in [0.2, 0.25) is 0 Å². The first-order valence-corrected chi connectivity index (χ1v) is 10.9. The van der Waals surface area contributed by atoms with E-state index in [2.05, 4.69) is 22.5 Å². The van der Waals surface area contributed by atoms with Crippen LogP contribution < -0.4 is 10.6 Å². The number of nitrogens with zero attached hydrogens (tertiary/aromatic N) is 2. The van der Waals surface area contributed by atoms with Crippen LogP contribution in [0.4, 0.5) is 15.6 Å². The summed E-state index contributed by atoms with van der Waals surface area (Å²) in [5.41, 5.74) is 4.64. The molecule has 0 saturated heterocycles. The average Bonchev–Trinajstić information content (AvgIpc) is 3.01. The third-order valence-electron chi connectivity index (χ3n) is 4.83. The van der Waals surface area contributed by atoms with Gasteiger partial charge in [0.1, 0.15) is 4.88 Å². The Morgan fingerprint density at radius 2 is 1.69 bits per heavy atom. The second kappa shape index (κ2) is 10.4. The fraction of sp³-hybridized carbons (Fsp3) is 0.500. The maximum atomic E-state index is 12.8. The highest BCUT2D eigenvalue weighted by Gasteiger charge is 2.19. The fourth-order valence-electron chi connectivity index (χ4n) is 3.27. The van der Waals surface area contributed by atoms with Crippen LogP contribution in [0.5, 0.6) is 0 Å². The van der Waals surface area contributed by atoms with Crippen LogP contribution in [0.15, 0.2) is 12.1 Å². The summed E-state index contributed by atoms with van der Waals surface area (Å²) in [6.45, 7) is 10.7. The molecule has 7 heteroatoms. The highest BCUT2D eigenvalue weighted by molar-refractivity contribution is 7.17. The van der Waals surface area contributed by atoms with E-state index in [0.29, 0.717) is 22.2 Å². The lowest BCUT2D eigenvalue weighted by Gasteiger charge is -2.16. The molecule has 29 heavy (non-hydrogen) atoms. The second-order valence-corrected chi connectivity index (χ2v) is 8.57. The van der Waals surface area contributed by atoms with Crippen LogP contribution >= 0.6 is 11.3 Å². The minimum atomic E-state index is -0.205. The topological polar surface area (TPSA) is 74.3 Å². The van der Waals surface area contributed by atoms with Crippen molar-refractivity contribution in [3.63, 3.8) is 0 Å².